The first kappa shape index (κ1) is 9.98. The van der Waals surface area contributed by atoms with Gasteiger partial charge in [-0.2, -0.15) is 8.78 Å². The molecule has 0 aliphatic heterocycles. The standard InChI is InChI=1S/C7H6ClF2NO2/c8-5-2-1-4(13-5)3-11-7(12)6(9)10/h1-2,6H,3H2,(H,11,12). The predicted octanol–water partition coefficient (Wildman–Crippen LogP) is 1.81. The highest BCUT2D eigenvalue weighted by Crippen LogP contribution is 2.12. The normalized spacial score (nSPS) is 10.5. The van der Waals surface area contributed by atoms with Gasteiger partial charge in [0, 0.05) is 0 Å². The summed E-state index contributed by atoms with van der Waals surface area (Å²) in [5.41, 5.74) is 0. The number of hydrogen-bond donors (Lipinski definition) is 1. The van der Waals surface area contributed by atoms with Gasteiger partial charge in [0.2, 0.25) is 0 Å². The Kier molecular flexibility index (Phi) is 3.25. The molecule has 0 spiro atoms. The highest BCUT2D eigenvalue weighted by Gasteiger charge is 2.14. The second-order valence-electron chi connectivity index (χ2n) is 2.22. The van der Waals surface area contributed by atoms with Crippen molar-refractivity contribution >= 4 is 17.5 Å². The van der Waals surface area contributed by atoms with E-state index in [9.17, 15) is 13.6 Å². The van der Waals surface area contributed by atoms with E-state index < -0.39 is 12.3 Å². The van der Waals surface area contributed by atoms with Crippen molar-refractivity contribution in [2.24, 2.45) is 0 Å². The molecular formula is C7H6ClF2NO2. The molecule has 0 aliphatic carbocycles. The second-order valence-corrected chi connectivity index (χ2v) is 2.60. The van der Waals surface area contributed by atoms with E-state index in [0.29, 0.717) is 5.76 Å². The first-order chi connectivity index (χ1) is 6.09. The van der Waals surface area contributed by atoms with E-state index in [-0.39, 0.29) is 11.8 Å². The summed E-state index contributed by atoms with van der Waals surface area (Å²) < 4.78 is 28.2. The highest BCUT2D eigenvalue weighted by atomic mass is 35.5. The molecule has 13 heavy (non-hydrogen) atoms. The molecule has 0 saturated heterocycles. The molecule has 1 aromatic rings. The Bertz CT molecular complexity index is 300. The van der Waals surface area contributed by atoms with Crippen LogP contribution in [0.2, 0.25) is 5.22 Å². The van der Waals surface area contributed by atoms with Gasteiger partial charge in [-0.15, -0.1) is 0 Å². The van der Waals surface area contributed by atoms with E-state index in [1.54, 1.807) is 0 Å². The molecule has 1 rings (SSSR count). The molecule has 0 fully saturated rings. The van der Waals surface area contributed by atoms with E-state index in [1.807, 2.05) is 5.32 Å². The third-order valence-electron chi connectivity index (χ3n) is 1.26. The average Bonchev–Trinajstić information content (AvgIpc) is 2.47. The molecule has 1 aromatic heterocycles. The largest absolute Gasteiger partial charge is 0.448 e. The maximum atomic E-state index is 11.7. The molecule has 0 aromatic carbocycles. The Morgan fingerprint density at radius 1 is 1.62 bits per heavy atom. The fourth-order valence-corrected chi connectivity index (χ4v) is 0.860. The first-order valence-electron chi connectivity index (χ1n) is 3.39. The smallest absolute Gasteiger partial charge is 0.315 e. The van der Waals surface area contributed by atoms with E-state index in [4.69, 9.17) is 16.0 Å². The number of hydrogen-bond acceptors (Lipinski definition) is 2. The van der Waals surface area contributed by atoms with Crippen LogP contribution in [0.4, 0.5) is 8.78 Å². The zero-order valence-corrected chi connectivity index (χ0v) is 7.15. The number of rotatable bonds is 3. The van der Waals surface area contributed by atoms with Crippen molar-refractivity contribution < 1.29 is 18.0 Å². The van der Waals surface area contributed by atoms with Crippen molar-refractivity contribution in [3.05, 3.63) is 23.1 Å². The van der Waals surface area contributed by atoms with Crippen molar-refractivity contribution in [3.8, 4) is 0 Å². The van der Waals surface area contributed by atoms with E-state index >= 15 is 0 Å². The summed E-state index contributed by atoms with van der Waals surface area (Å²) in [6, 6.07) is 2.96. The second kappa shape index (κ2) is 4.23. The highest BCUT2D eigenvalue weighted by molar-refractivity contribution is 6.28. The molecule has 1 N–H and O–H groups in total. The van der Waals surface area contributed by atoms with Gasteiger partial charge in [-0.3, -0.25) is 4.79 Å². The van der Waals surface area contributed by atoms with Crippen LogP contribution in [0.3, 0.4) is 0 Å². The molecule has 6 heteroatoms. The number of nitrogens with one attached hydrogen (secondary N) is 1. The molecule has 0 bridgehead atoms. The van der Waals surface area contributed by atoms with Gasteiger partial charge in [0.05, 0.1) is 6.54 Å². The van der Waals surface area contributed by atoms with Crippen LogP contribution in [0.15, 0.2) is 16.5 Å². The fraction of sp³-hybridized carbons (Fsp3) is 0.286. The van der Waals surface area contributed by atoms with Gasteiger partial charge in [-0.1, -0.05) is 0 Å². The zero-order chi connectivity index (χ0) is 9.84. The number of amides is 1. The Balaban J connectivity index is 2.39. The lowest BCUT2D eigenvalue weighted by atomic mass is 10.4. The molecule has 0 aliphatic rings. The van der Waals surface area contributed by atoms with Gasteiger partial charge in [-0.05, 0) is 23.7 Å². The molecule has 0 atom stereocenters. The third-order valence-corrected chi connectivity index (χ3v) is 1.47. The monoisotopic (exact) mass is 209 g/mol. The third kappa shape index (κ3) is 3.02. The lowest BCUT2D eigenvalue weighted by molar-refractivity contribution is -0.131. The number of carbonyl (C=O) groups excluding carboxylic acids is 1. The minimum Gasteiger partial charge on any atom is -0.448 e. The molecule has 72 valence electrons. The van der Waals surface area contributed by atoms with Crippen molar-refractivity contribution in [2.75, 3.05) is 0 Å². The van der Waals surface area contributed by atoms with Gasteiger partial charge in [-0.25, -0.2) is 0 Å². The van der Waals surface area contributed by atoms with Gasteiger partial charge in [0.25, 0.3) is 5.91 Å². The zero-order valence-electron chi connectivity index (χ0n) is 6.39. The SMILES string of the molecule is O=C(NCc1ccc(Cl)o1)C(F)F. The summed E-state index contributed by atoms with van der Waals surface area (Å²) in [4.78, 5) is 10.4. The maximum absolute atomic E-state index is 11.7. The molecule has 0 radical (unpaired) electrons. The number of alkyl halides is 2. The van der Waals surface area contributed by atoms with Gasteiger partial charge < -0.3 is 9.73 Å². The van der Waals surface area contributed by atoms with Crippen LogP contribution in [-0.4, -0.2) is 12.3 Å². The Hall–Kier alpha value is -1.10. The number of carbonyl (C=O) groups is 1. The van der Waals surface area contributed by atoms with Crippen LogP contribution in [-0.2, 0) is 11.3 Å². The van der Waals surface area contributed by atoms with Crippen LogP contribution in [0.25, 0.3) is 0 Å². The molecule has 0 saturated carbocycles. The van der Waals surface area contributed by atoms with E-state index in [1.165, 1.54) is 12.1 Å². The molecule has 3 nitrogen and oxygen atoms in total. The summed E-state index contributed by atoms with van der Waals surface area (Å²) in [7, 11) is 0. The lowest BCUT2D eigenvalue weighted by Crippen LogP contribution is -2.28. The van der Waals surface area contributed by atoms with Crippen molar-refractivity contribution in [2.45, 2.75) is 13.0 Å². The summed E-state index contributed by atoms with van der Waals surface area (Å²) in [5, 5.41) is 2.12. The average molecular weight is 210 g/mol. The Morgan fingerprint density at radius 2 is 2.31 bits per heavy atom. The quantitative estimate of drug-likeness (QED) is 0.825. The summed E-state index contributed by atoms with van der Waals surface area (Å²) in [6.07, 6.45) is -3.01. The molecule has 1 amide bonds. The van der Waals surface area contributed by atoms with Crippen molar-refractivity contribution in [1.82, 2.24) is 5.32 Å². The number of halogens is 3. The Morgan fingerprint density at radius 3 is 2.77 bits per heavy atom. The van der Waals surface area contributed by atoms with E-state index in [0.717, 1.165) is 0 Å². The van der Waals surface area contributed by atoms with Gasteiger partial charge in [0.1, 0.15) is 5.76 Å². The fourth-order valence-electron chi connectivity index (χ4n) is 0.698. The van der Waals surface area contributed by atoms with Crippen LogP contribution >= 0.6 is 11.6 Å². The minimum atomic E-state index is -3.01. The maximum Gasteiger partial charge on any atom is 0.315 e. The van der Waals surface area contributed by atoms with E-state index in [2.05, 4.69) is 0 Å². The lowest BCUT2D eigenvalue weighted by Gasteiger charge is -2.00. The van der Waals surface area contributed by atoms with Crippen molar-refractivity contribution in [1.29, 1.82) is 0 Å². The molecular weight excluding hydrogens is 204 g/mol. The number of furan rings is 1. The van der Waals surface area contributed by atoms with Crippen LogP contribution in [0.1, 0.15) is 5.76 Å². The van der Waals surface area contributed by atoms with Crippen LogP contribution in [0, 0.1) is 0 Å². The minimum absolute atomic E-state index is 0.0874. The van der Waals surface area contributed by atoms with Crippen LogP contribution in [0.5, 0.6) is 0 Å². The van der Waals surface area contributed by atoms with Gasteiger partial charge in [0.15, 0.2) is 5.22 Å². The Labute approximate surface area is 77.7 Å². The summed E-state index contributed by atoms with van der Waals surface area (Å²) >= 11 is 5.41. The van der Waals surface area contributed by atoms with Crippen LogP contribution < -0.4 is 5.32 Å². The first-order valence-corrected chi connectivity index (χ1v) is 3.77. The predicted molar refractivity (Wildman–Crippen MR) is 41.6 cm³/mol. The summed E-state index contributed by atoms with van der Waals surface area (Å²) in [6.45, 7) is -0.0874. The van der Waals surface area contributed by atoms with Gasteiger partial charge >= 0.3 is 6.43 Å². The van der Waals surface area contributed by atoms with Crippen molar-refractivity contribution in [3.63, 3.8) is 0 Å². The molecule has 1 heterocycles. The summed E-state index contributed by atoms with van der Waals surface area (Å²) in [5.74, 6) is -0.994. The topological polar surface area (TPSA) is 42.2 Å². The molecule has 0 unspecified atom stereocenters.